The average Bonchev–Trinajstić information content (AvgIpc) is 2.68. The van der Waals surface area contributed by atoms with Crippen LogP contribution in [0.3, 0.4) is 0 Å². The van der Waals surface area contributed by atoms with Gasteiger partial charge in [0.05, 0.1) is 18.6 Å². The van der Waals surface area contributed by atoms with Gasteiger partial charge in [-0.05, 0) is 26.0 Å². The lowest BCUT2D eigenvalue weighted by Gasteiger charge is -2.02. The van der Waals surface area contributed by atoms with Crippen LogP contribution in [0.25, 0.3) is 5.69 Å². The number of rotatable bonds is 4. The van der Waals surface area contributed by atoms with Crippen LogP contribution in [0.4, 0.5) is 4.39 Å². The van der Waals surface area contributed by atoms with Crippen LogP contribution in [0.2, 0.25) is 0 Å². The van der Waals surface area contributed by atoms with Crippen LogP contribution in [0.1, 0.15) is 18.2 Å². The predicted octanol–water partition coefficient (Wildman–Crippen LogP) is 1.72. The van der Waals surface area contributed by atoms with Crippen LogP contribution in [0, 0.1) is 12.7 Å². The molecule has 2 rings (SSSR count). The molecular weight excluding hydrogens is 263 g/mol. The molecule has 0 unspecified atom stereocenters. The zero-order chi connectivity index (χ0) is 14.7. The molecule has 1 N–H and O–H groups in total. The molecule has 0 saturated heterocycles. The van der Waals surface area contributed by atoms with E-state index in [-0.39, 0.29) is 24.3 Å². The van der Waals surface area contributed by atoms with E-state index in [0.717, 1.165) is 4.68 Å². The molecule has 0 fully saturated rings. The Hall–Kier alpha value is -2.37. The Morgan fingerprint density at radius 1 is 1.40 bits per heavy atom. The van der Waals surface area contributed by atoms with Crippen LogP contribution < -0.4 is 5.56 Å². The number of aromatic nitrogens is 2. The average molecular weight is 278 g/mol. The van der Waals surface area contributed by atoms with Crippen molar-refractivity contribution in [2.75, 3.05) is 6.61 Å². The van der Waals surface area contributed by atoms with E-state index in [2.05, 4.69) is 5.10 Å². The van der Waals surface area contributed by atoms with Gasteiger partial charge in [-0.1, -0.05) is 12.1 Å². The van der Waals surface area contributed by atoms with E-state index in [1.54, 1.807) is 26.0 Å². The van der Waals surface area contributed by atoms with Crippen LogP contribution in [-0.2, 0) is 16.0 Å². The highest BCUT2D eigenvalue weighted by molar-refractivity contribution is 5.72. The van der Waals surface area contributed by atoms with Crippen molar-refractivity contribution in [3.63, 3.8) is 0 Å². The molecule has 0 bridgehead atoms. The Bertz CT molecular complexity index is 688. The van der Waals surface area contributed by atoms with Gasteiger partial charge in [0, 0.05) is 5.69 Å². The summed E-state index contributed by atoms with van der Waals surface area (Å²) in [5, 5.41) is 2.77. The van der Waals surface area contributed by atoms with E-state index in [4.69, 9.17) is 4.74 Å². The van der Waals surface area contributed by atoms with Gasteiger partial charge in [0.2, 0.25) is 0 Å². The number of hydrogen-bond donors (Lipinski definition) is 1. The molecule has 2 aromatic rings. The van der Waals surface area contributed by atoms with Gasteiger partial charge in [-0.2, -0.15) is 0 Å². The van der Waals surface area contributed by atoms with E-state index in [1.165, 1.54) is 12.1 Å². The molecule has 6 heteroatoms. The maximum atomic E-state index is 13.7. The fraction of sp³-hybridized carbons (Fsp3) is 0.286. The molecule has 5 nitrogen and oxygen atoms in total. The third-order valence-electron chi connectivity index (χ3n) is 2.91. The lowest BCUT2D eigenvalue weighted by Crippen LogP contribution is -2.21. The number of halogens is 1. The molecule has 0 atom stereocenters. The number of esters is 1. The van der Waals surface area contributed by atoms with Gasteiger partial charge < -0.3 is 4.74 Å². The van der Waals surface area contributed by atoms with Gasteiger partial charge in [0.1, 0.15) is 11.5 Å². The largest absolute Gasteiger partial charge is 0.466 e. The molecule has 0 aliphatic rings. The van der Waals surface area contributed by atoms with Crippen molar-refractivity contribution in [2.24, 2.45) is 0 Å². The van der Waals surface area contributed by atoms with Crippen molar-refractivity contribution in [3.8, 4) is 5.69 Å². The third kappa shape index (κ3) is 2.64. The van der Waals surface area contributed by atoms with E-state index in [0.29, 0.717) is 5.69 Å². The maximum Gasteiger partial charge on any atom is 0.310 e. The molecule has 1 aromatic heterocycles. The Kier molecular flexibility index (Phi) is 4.02. The first-order valence-electron chi connectivity index (χ1n) is 6.25. The van der Waals surface area contributed by atoms with Crippen LogP contribution in [0.5, 0.6) is 0 Å². The Balaban J connectivity index is 2.42. The number of hydrogen-bond acceptors (Lipinski definition) is 3. The van der Waals surface area contributed by atoms with Crippen LogP contribution >= 0.6 is 0 Å². The Morgan fingerprint density at radius 2 is 2.10 bits per heavy atom. The monoisotopic (exact) mass is 278 g/mol. The van der Waals surface area contributed by atoms with Gasteiger partial charge in [-0.15, -0.1) is 0 Å². The number of nitrogens with zero attached hydrogens (tertiary/aromatic N) is 1. The summed E-state index contributed by atoms with van der Waals surface area (Å²) in [7, 11) is 0. The standard InChI is InChI=1S/C14H15FN2O3/c1-3-20-13(18)8-10-9(2)16-17(14(10)19)12-7-5-4-6-11(12)15/h4-7,16H,3,8H2,1-2H3. The summed E-state index contributed by atoms with van der Waals surface area (Å²) >= 11 is 0. The molecule has 0 aliphatic heterocycles. The van der Waals surface area contributed by atoms with Crippen molar-refractivity contribution in [1.29, 1.82) is 0 Å². The van der Waals surface area contributed by atoms with Gasteiger partial charge in [-0.3, -0.25) is 14.7 Å². The molecule has 1 aromatic carbocycles. The number of carbonyl (C=O) groups excluding carboxylic acids is 1. The maximum absolute atomic E-state index is 13.7. The summed E-state index contributed by atoms with van der Waals surface area (Å²) < 4.78 is 19.6. The van der Waals surface area contributed by atoms with E-state index in [1.807, 2.05) is 0 Å². The molecule has 106 valence electrons. The van der Waals surface area contributed by atoms with Crippen molar-refractivity contribution < 1.29 is 13.9 Å². The number of para-hydroxylation sites is 1. The van der Waals surface area contributed by atoms with Gasteiger partial charge in [0.25, 0.3) is 5.56 Å². The molecule has 0 amide bonds. The van der Waals surface area contributed by atoms with E-state index in [9.17, 15) is 14.0 Å². The van der Waals surface area contributed by atoms with Crippen LogP contribution in [0.15, 0.2) is 29.1 Å². The quantitative estimate of drug-likeness (QED) is 0.866. The number of H-pyrrole nitrogens is 1. The fourth-order valence-corrected chi connectivity index (χ4v) is 1.95. The van der Waals surface area contributed by atoms with Crippen LogP contribution in [-0.4, -0.2) is 22.4 Å². The minimum atomic E-state index is -0.515. The summed E-state index contributed by atoms with van der Waals surface area (Å²) in [6, 6.07) is 5.93. The van der Waals surface area contributed by atoms with E-state index >= 15 is 0 Å². The van der Waals surface area contributed by atoms with E-state index < -0.39 is 17.3 Å². The van der Waals surface area contributed by atoms with Crippen molar-refractivity contribution in [1.82, 2.24) is 9.78 Å². The predicted molar refractivity (Wildman–Crippen MR) is 71.4 cm³/mol. The molecule has 0 aliphatic carbocycles. The summed E-state index contributed by atoms with van der Waals surface area (Å²) in [6.07, 6.45) is -0.129. The smallest absolute Gasteiger partial charge is 0.310 e. The molecule has 0 saturated carbocycles. The van der Waals surface area contributed by atoms with Crippen molar-refractivity contribution in [3.05, 3.63) is 51.7 Å². The summed E-state index contributed by atoms with van der Waals surface area (Å²) in [6.45, 7) is 3.61. The summed E-state index contributed by atoms with van der Waals surface area (Å²) in [5.41, 5.74) is 0.481. The van der Waals surface area contributed by atoms with Gasteiger partial charge in [-0.25, -0.2) is 9.07 Å². The minimum absolute atomic E-state index is 0.121. The lowest BCUT2D eigenvalue weighted by atomic mass is 10.2. The molecule has 20 heavy (non-hydrogen) atoms. The molecule has 1 heterocycles. The highest BCUT2D eigenvalue weighted by Gasteiger charge is 2.17. The Labute approximate surface area is 115 Å². The zero-order valence-electron chi connectivity index (χ0n) is 11.3. The second-order valence-electron chi connectivity index (χ2n) is 4.29. The third-order valence-corrected chi connectivity index (χ3v) is 2.91. The zero-order valence-corrected chi connectivity index (χ0v) is 11.3. The van der Waals surface area contributed by atoms with Crippen molar-refractivity contribution in [2.45, 2.75) is 20.3 Å². The first kappa shape index (κ1) is 14.0. The fourth-order valence-electron chi connectivity index (χ4n) is 1.95. The lowest BCUT2D eigenvalue weighted by molar-refractivity contribution is -0.142. The molecular formula is C14H15FN2O3. The second-order valence-corrected chi connectivity index (χ2v) is 4.29. The highest BCUT2D eigenvalue weighted by atomic mass is 19.1. The van der Waals surface area contributed by atoms with Crippen molar-refractivity contribution >= 4 is 5.97 Å². The summed E-state index contributed by atoms with van der Waals surface area (Å²) in [5.74, 6) is -0.995. The number of ether oxygens (including phenoxy) is 1. The Morgan fingerprint density at radius 3 is 2.75 bits per heavy atom. The molecule has 0 radical (unpaired) electrons. The van der Waals surface area contributed by atoms with Gasteiger partial charge >= 0.3 is 5.97 Å². The first-order valence-corrected chi connectivity index (χ1v) is 6.25. The first-order chi connectivity index (χ1) is 9.54. The molecule has 0 spiro atoms. The summed E-state index contributed by atoms with van der Waals surface area (Å²) in [4.78, 5) is 23.7. The number of carbonyl (C=O) groups is 1. The normalized spacial score (nSPS) is 10.6. The number of benzene rings is 1. The number of aryl methyl sites for hydroxylation is 1. The second kappa shape index (κ2) is 5.73. The SMILES string of the molecule is CCOC(=O)Cc1c(C)[nH]n(-c2ccccc2F)c1=O. The van der Waals surface area contributed by atoms with Gasteiger partial charge in [0.15, 0.2) is 0 Å². The highest BCUT2D eigenvalue weighted by Crippen LogP contribution is 2.12. The topological polar surface area (TPSA) is 64.1 Å². The number of aromatic amines is 1. The minimum Gasteiger partial charge on any atom is -0.466 e. The number of nitrogens with one attached hydrogen (secondary N) is 1.